The summed E-state index contributed by atoms with van der Waals surface area (Å²) in [6.07, 6.45) is 2.83. The van der Waals surface area contributed by atoms with Crippen LogP contribution < -0.4 is 5.32 Å². The topological polar surface area (TPSA) is 55.8 Å². The zero-order valence-electron chi connectivity index (χ0n) is 15.4. The summed E-state index contributed by atoms with van der Waals surface area (Å²) in [4.78, 5) is 16.8. The van der Waals surface area contributed by atoms with Crippen molar-refractivity contribution in [2.45, 2.75) is 51.3 Å². The molecule has 138 valence electrons. The molecule has 2 aliphatic heterocycles. The van der Waals surface area contributed by atoms with E-state index in [9.17, 15) is 9.90 Å². The van der Waals surface area contributed by atoms with Gasteiger partial charge in [0.1, 0.15) is 0 Å². The number of likely N-dealkylation sites (tertiary alicyclic amines) is 2. The van der Waals surface area contributed by atoms with E-state index in [0.29, 0.717) is 13.1 Å². The van der Waals surface area contributed by atoms with Crippen molar-refractivity contribution in [2.75, 3.05) is 26.2 Å². The van der Waals surface area contributed by atoms with E-state index in [0.717, 1.165) is 32.5 Å². The first kappa shape index (κ1) is 18.2. The van der Waals surface area contributed by atoms with Crippen LogP contribution in [0.4, 0.5) is 4.79 Å². The highest BCUT2D eigenvalue weighted by Crippen LogP contribution is 2.30. The van der Waals surface area contributed by atoms with E-state index in [-0.39, 0.29) is 23.6 Å². The van der Waals surface area contributed by atoms with Crippen LogP contribution in [0, 0.1) is 5.92 Å². The van der Waals surface area contributed by atoms with Crippen molar-refractivity contribution < 1.29 is 9.90 Å². The molecule has 0 radical (unpaired) electrons. The first-order valence-electron chi connectivity index (χ1n) is 9.48. The molecule has 0 unspecified atom stereocenters. The monoisotopic (exact) mass is 345 g/mol. The maximum Gasteiger partial charge on any atom is 0.317 e. The van der Waals surface area contributed by atoms with Crippen molar-refractivity contribution in [3.8, 4) is 0 Å². The Morgan fingerprint density at radius 3 is 2.80 bits per heavy atom. The van der Waals surface area contributed by atoms with E-state index in [1.165, 1.54) is 12.0 Å². The molecule has 3 rings (SSSR count). The lowest BCUT2D eigenvalue weighted by Crippen LogP contribution is -2.51. The van der Waals surface area contributed by atoms with Gasteiger partial charge in [0.2, 0.25) is 0 Å². The molecule has 0 saturated carbocycles. The number of hydrogen-bond acceptors (Lipinski definition) is 3. The van der Waals surface area contributed by atoms with Crippen LogP contribution in [0.25, 0.3) is 0 Å². The largest absolute Gasteiger partial charge is 0.393 e. The van der Waals surface area contributed by atoms with Gasteiger partial charge in [0.25, 0.3) is 0 Å². The second-order valence-electron chi connectivity index (χ2n) is 7.90. The smallest absolute Gasteiger partial charge is 0.317 e. The van der Waals surface area contributed by atoms with Crippen LogP contribution in [-0.4, -0.2) is 58.8 Å². The maximum atomic E-state index is 12.5. The zero-order chi connectivity index (χ0) is 17.9. The fourth-order valence-corrected chi connectivity index (χ4v) is 4.10. The zero-order valence-corrected chi connectivity index (χ0v) is 15.4. The third kappa shape index (κ3) is 4.33. The molecule has 25 heavy (non-hydrogen) atoms. The van der Waals surface area contributed by atoms with Gasteiger partial charge in [-0.15, -0.1) is 0 Å². The summed E-state index contributed by atoms with van der Waals surface area (Å²) in [5, 5.41) is 12.9. The minimum atomic E-state index is -0.341. The Balaban J connectivity index is 1.53. The van der Waals surface area contributed by atoms with Crippen LogP contribution in [0.5, 0.6) is 0 Å². The molecule has 1 aromatic carbocycles. The molecule has 1 aromatic rings. The summed E-state index contributed by atoms with van der Waals surface area (Å²) in [5.41, 5.74) is 1.33. The second kappa shape index (κ2) is 7.75. The number of urea groups is 1. The summed E-state index contributed by atoms with van der Waals surface area (Å²) < 4.78 is 0. The van der Waals surface area contributed by atoms with Crippen LogP contribution in [0.2, 0.25) is 0 Å². The summed E-state index contributed by atoms with van der Waals surface area (Å²) in [7, 11) is 0. The summed E-state index contributed by atoms with van der Waals surface area (Å²) >= 11 is 0. The van der Waals surface area contributed by atoms with E-state index in [4.69, 9.17) is 0 Å². The molecule has 2 fully saturated rings. The van der Waals surface area contributed by atoms with Gasteiger partial charge in [-0.25, -0.2) is 4.79 Å². The van der Waals surface area contributed by atoms with Crippen LogP contribution >= 0.6 is 0 Å². The van der Waals surface area contributed by atoms with Crippen LogP contribution in [0.1, 0.15) is 38.7 Å². The van der Waals surface area contributed by atoms with Gasteiger partial charge in [0.15, 0.2) is 0 Å². The molecule has 3 atom stereocenters. The number of nitrogens with one attached hydrogen (secondary N) is 1. The van der Waals surface area contributed by atoms with Crippen LogP contribution in [0.3, 0.4) is 0 Å². The lowest BCUT2D eigenvalue weighted by atomic mass is 9.98. The van der Waals surface area contributed by atoms with Gasteiger partial charge in [-0.2, -0.15) is 0 Å². The lowest BCUT2D eigenvalue weighted by Gasteiger charge is -2.36. The van der Waals surface area contributed by atoms with Gasteiger partial charge in [0, 0.05) is 37.6 Å². The molecule has 2 saturated heterocycles. The Hall–Kier alpha value is -1.59. The standard InChI is InChI=1S/C20H31N3O2/c1-16(24)18-9-12-22(14-18)19(25)21-15-20(2)10-6-11-23(20)13-17-7-4-3-5-8-17/h3-5,7-8,16,18,24H,6,9-15H2,1-2H3,(H,21,25)/t16-,18+,20+/m0/s1. The third-order valence-electron chi connectivity index (χ3n) is 5.94. The van der Waals surface area contributed by atoms with E-state index in [2.05, 4.69) is 41.4 Å². The first-order valence-corrected chi connectivity index (χ1v) is 9.48. The SMILES string of the molecule is C[C@H](O)[C@@H]1CCN(C(=O)NC[C@@]2(C)CCCN2Cc2ccccc2)C1. The summed E-state index contributed by atoms with van der Waals surface area (Å²) in [6.45, 7) is 8.16. The highest BCUT2D eigenvalue weighted by atomic mass is 16.3. The highest BCUT2D eigenvalue weighted by Gasteiger charge is 2.37. The van der Waals surface area contributed by atoms with Gasteiger partial charge >= 0.3 is 6.03 Å². The van der Waals surface area contributed by atoms with Gasteiger partial charge in [-0.1, -0.05) is 30.3 Å². The molecule has 2 amide bonds. The van der Waals surface area contributed by atoms with Gasteiger partial charge in [-0.05, 0) is 45.2 Å². The highest BCUT2D eigenvalue weighted by molar-refractivity contribution is 5.74. The number of amides is 2. The second-order valence-corrected chi connectivity index (χ2v) is 7.90. The Morgan fingerprint density at radius 2 is 2.12 bits per heavy atom. The van der Waals surface area contributed by atoms with Crippen molar-refractivity contribution in [3.05, 3.63) is 35.9 Å². The van der Waals surface area contributed by atoms with E-state index in [1.807, 2.05) is 17.9 Å². The lowest BCUT2D eigenvalue weighted by molar-refractivity contribution is 0.126. The Morgan fingerprint density at radius 1 is 1.36 bits per heavy atom. The van der Waals surface area contributed by atoms with Crippen molar-refractivity contribution in [2.24, 2.45) is 5.92 Å². The summed E-state index contributed by atoms with van der Waals surface area (Å²) in [6, 6.07) is 10.5. The number of carbonyl (C=O) groups excluding carboxylic acids is 1. The van der Waals surface area contributed by atoms with Crippen molar-refractivity contribution in [1.29, 1.82) is 0 Å². The van der Waals surface area contributed by atoms with Gasteiger partial charge < -0.3 is 15.3 Å². The predicted molar refractivity (Wildman–Crippen MR) is 99.3 cm³/mol. The number of carbonyl (C=O) groups is 1. The number of benzene rings is 1. The Kier molecular flexibility index (Phi) is 5.64. The molecule has 2 aliphatic rings. The average Bonchev–Trinajstić information content (AvgIpc) is 3.22. The number of rotatable bonds is 5. The third-order valence-corrected chi connectivity index (χ3v) is 5.94. The minimum Gasteiger partial charge on any atom is -0.393 e. The number of nitrogens with zero attached hydrogens (tertiary/aromatic N) is 2. The molecule has 0 spiro atoms. The summed E-state index contributed by atoms with van der Waals surface area (Å²) in [5.74, 6) is 0.211. The Bertz CT molecular complexity index is 578. The fourth-order valence-electron chi connectivity index (χ4n) is 4.10. The quantitative estimate of drug-likeness (QED) is 0.862. The van der Waals surface area contributed by atoms with Crippen molar-refractivity contribution >= 4 is 6.03 Å². The number of aliphatic hydroxyl groups is 1. The molecular formula is C20H31N3O2. The van der Waals surface area contributed by atoms with E-state index < -0.39 is 0 Å². The minimum absolute atomic E-state index is 0.00883. The Labute approximate surface area is 151 Å². The first-order chi connectivity index (χ1) is 12.0. The van der Waals surface area contributed by atoms with Gasteiger partial charge in [0.05, 0.1) is 6.10 Å². The number of hydrogen-bond donors (Lipinski definition) is 2. The molecule has 2 N–H and O–H groups in total. The molecule has 0 bridgehead atoms. The molecule has 5 nitrogen and oxygen atoms in total. The molecule has 2 heterocycles. The molecule has 0 aliphatic carbocycles. The number of aliphatic hydroxyl groups excluding tert-OH is 1. The molecule has 0 aromatic heterocycles. The fraction of sp³-hybridized carbons (Fsp3) is 0.650. The van der Waals surface area contributed by atoms with Crippen molar-refractivity contribution in [1.82, 2.24) is 15.1 Å². The van der Waals surface area contributed by atoms with Gasteiger partial charge in [-0.3, -0.25) is 4.90 Å². The molecule has 5 heteroatoms. The predicted octanol–water partition coefficient (Wildman–Crippen LogP) is 2.45. The van der Waals surface area contributed by atoms with E-state index in [1.54, 1.807) is 0 Å². The van der Waals surface area contributed by atoms with E-state index >= 15 is 0 Å². The average molecular weight is 345 g/mol. The normalized spacial score (nSPS) is 28.3. The molecular weight excluding hydrogens is 314 g/mol. The van der Waals surface area contributed by atoms with Crippen LogP contribution in [-0.2, 0) is 6.54 Å². The maximum absolute atomic E-state index is 12.5. The van der Waals surface area contributed by atoms with Crippen LogP contribution in [0.15, 0.2) is 30.3 Å². The van der Waals surface area contributed by atoms with Crippen molar-refractivity contribution in [3.63, 3.8) is 0 Å².